The van der Waals surface area contributed by atoms with E-state index in [1.54, 1.807) is 31.3 Å². The topological polar surface area (TPSA) is 85.8 Å². The maximum Gasteiger partial charge on any atom is 0.240 e. The molecule has 0 saturated heterocycles. The quantitative estimate of drug-likeness (QED) is 0.397. The molecule has 30 heavy (non-hydrogen) atoms. The van der Waals surface area contributed by atoms with Crippen LogP contribution in [0.25, 0.3) is 0 Å². The third-order valence-electron chi connectivity index (χ3n) is 5.07. The lowest BCUT2D eigenvalue weighted by atomic mass is 10.1. The zero-order valence-electron chi connectivity index (χ0n) is 18.2. The minimum absolute atomic E-state index is 0.255. The number of hydrogen-bond donors (Lipinski definition) is 3. The first kappa shape index (κ1) is 23.9. The number of nitrogens with zero attached hydrogens (tertiary/aromatic N) is 2. The molecule has 164 valence electrons. The molecule has 0 heterocycles. The maximum absolute atomic E-state index is 11.8. The first-order chi connectivity index (χ1) is 14.4. The van der Waals surface area contributed by atoms with E-state index in [0.29, 0.717) is 12.6 Å². The van der Waals surface area contributed by atoms with E-state index >= 15 is 0 Å². The fourth-order valence-electron chi connectivity index (χ4n) is 2.96. The van der Waals surface area contributed by atoms with Gasteiger partial charge in [0.2, 0.25) is 10.0 Å². The molecule has 1 unspecified atom stereocenters. The standard InChI is InChI=1S/C22H33N5O2S/c1-18(27(4)17-20-8-6-5-7-9-20)14-15-25-22(23-2)26-16-19-10-12-21(13-11-19)30(28,29)24-3/h5-13,18,24H,14-17H2,1-4H3,(H2,23,25,26). The highest BCUT2D eigenvalue weighted by molar-refractivity contribution is 7.89. The average molecular weight is 432 g/mol. The predicted molar refractivity (Wildman–Crippen MR) is 123 cm³/mol. The van der Waals surface area contributed by atoms with Crippen molar-refractivity contribution in [3.63, 3.8) is 0 Å². The van der Waals surface area contributed by atoms with Gasteiger partial charge in [0.1, 0.15) is 0 Å². The van der Waals surface area contributed by atoms with Crippen LogP contribution in [0.3, 0.4) is 0 Å². The number of benzene rings is 2. The van der Waals surface area contributed by atoms with Crippen LogP contribution >= 0.6 is 0 Å². The molecule has 0 fully saturated rings. The maximum atomic E-state index is 11.8. The second-order valence-electron chi connectivity index (χ2n) is 7.24. The van der Waals surface area contributed by atoms with Crippen molar-refractivity contribution in [3.05, 3.63) is 65.7 Å². The predicted octanol–water partition coefficient (Wildman–Crippen LogP) is 2.17. The second kappa shape index (κ2) is 11.7. The fourth-order valence-corrected chi connectivity index (χ4v) is 3.69. The summed E-state index contributed by atoms with van der Waals surface area (Å²) in [5.74, 6) is 0.722. The Morgan fingerprint density at radius 2 is 1.70 bits per heavy atom. The molecule has 0 spiro atoms. The Morgan fingerprint density at radius 3 is 2.30 bits per heavy atom. The van der Waals surface area contributed by atoms with Crippen LogP contribution in [0.15, 0.2) is 64.5 Å². The minimum Gasteiger partial charge on any atom is -0.356 e. The van der Waals surface area contributed by atoms with Crippen molar-refractivity contribution in [2.24, 2.45) is 4.99 Å². The summed E-state index contributed by atoms with van der Waals surface area (Å²) in [6.45, 7) is 4.51. The van der Waals surface area contributed by atoms with Gasteiger partial charge in [0.15, 0.2) is 5.96 Å². The van der Waals surface area contributed by atoms with E-state index in [1.165, 1.54) is 12.6 Å². The molecule has 2 aromatic carbocycles. The highest BCUT2D eigenvalue weighted by atomic mass is 32.2. The number of nitrogens with one attached hydrogen (secondary N) is 3. The van der Waals surface area contributed by atoms with Crippen molar-refractivity contribution in [1.29, 1.82) is 0 Å². The Morgan fingerprint density at radius 1 is 1.03 bits per heavy atom. The Labute approximate surface area is 180 Å². The first-order valence-electron chi connectivity index (χ1n) is 10.1. The van der Waals surface area contributed by atoms with Gasteiger partial charge < -0.3 is 10.6 Å². The van der Waals surface area contributed by atoms with Gasteiger partial charge >= 0.3 is 0 Å². The van der Waals surface area contributed by atoms with Gasteiger partial charge in [-0.05, 0) is 50.7 Å². The summed E-state index contributed by atoms with van der Waals surface area (Å²) in [5, 5.41) is 6.60. The van der Waals surface area contributed by atoms with Gasteiger partial charge in [0.05, 0.1) is 4.90 Å². The zero-order chi connectivity index (χ0) is 22.0. The molecule has 8 heteroatoms. The third kappa shape index (κ3) is 7.44. The van der Waals surface area contributed by atoms with Crippen molar-refractivity contribution in [3.8, 4) is 0 Å². The van der Waals surface area contributed by atoms with Crippen molar-refractivity contribution in [1.82, 2.24) is 20.3 Å². The van der Waals surface area contributed by atoms with Crippen molar-refractivity contribution >= 4 is 16.0 Å². The van der Waals surface area contributed by atoms with Crippen LogP contribution in [-0.2, 0) is 23.1 Å². The van der Waals surface area contributed by atoms with Gasteiger partial charge in [-0.2, -0.15) is 0 Å². The number of guanidine groups is 1. The van der Waals surface area contributed by atoms with Crippen LogP contribution in [0.2, 0.25) is 0 Å². The molecule has 0 bridgehead atoms. The minimum atomic E-state index is -3.41. The molecule has 0 aliphatic rings. The summed E-state index contributed by atoms with van der Waals surface area (Å²) in [6, 6.07) is 17.7. The van der Waals surface area contributed by atoms with Crippen LogP contribution in [0.4, 0.5) is 0 Å². The van der Waals surface area contributed by atoms with E-state index in [1.807, 2.05) is 6.07 Å². The van der Waals surface area contributed by atoms with E-state index in [0.717, 1.165) is 31.0 Å². The molecule has 0 aromatic heterocycles. The van der Waals surface area contributed by atoms with E-state index in [2.05, 4.69) is 63.5 Å². The lowest BCUT2D eigenvalue weighted by Gasteiger charge is -2.25. The van der Waals surface area contributed by atoms with E-state index in [-0.39, 0.29) is 4.90 Å². The van der Waals surface area contributed by atoms with Crippen LogP contribution in [0.5, 0.6) is 0 Å². The van der Waals surface area contributed by atoms with Crippen molar-refractivity contribution < 1.29 is 8.42 Å². The Bertz CT molecular complexity index is 899. The Balaban J connectivity index is 1.75. The SMILES string of the molecule is CN=C(NCCC(C)N(C)Cc1ccccc1)NCc1ccc(S(=O)(=O)NC)cc1. The fraction of sp³-hybridized carbons (Fsp3) is 0.409. The summed E-state index contributed by atoms with van der Waals surface area (Å²) in [6.07, 6.45) is 0.987. The molecule has 0 saturated carbocycles. The number of sulfonamides is 1. The van der Waals surface area contributed by atoms with Crippen molar-refractivity contribution in [2.45, 2.75) is 37.4 Å². The molecule has 0 amide bonds. The number of hydrogen-bond acceptors (Lipinski definition) is 4. The van der Waals surface area contributed by atoms with Gasteiger partial charge in [-0.1, -0.05) is 42.5 Å². The van der Waals surface area contributed by atoms with Crippen molar-refractivity contribution in [2.75, 3.05) is 27.7 Å². The zero-order valence-corrected chi connectivity index (χ0v) is 19.0. The van der Waals surface area contributed by atoms with Gasteiger partial charge in [-0.3, -0.25) is 9.89 Å². The molecule has 0 radical (unpaired) electrons. The molecule has 1 atom stereocenters. The van der Waals surface area contributed by atoms with Gasteiger partial charge in [-0.25, -0.2) is 13.1 Å². The van der Waals surface area contributed by atoms with Crippen LogP contribution < -0.4 is 15.4 Å². The lowest BCUT2D eigenvalue weighted by Crippen LogP contribution is -2.39. The average Bonchev–Trinajstić information content (AvgIpc) is 2.76. The Hall–Kier alpha value is -2.42. The molecular formula is C22H33N5O2S. The molecule has 0 aliphatic carbocycles. The summed E-state index contributed by atoms with van der Waals surface area (Å²) < 4.78 is 25.9. The van der Waals surface area contributed by atoms with Crippen LogP contribution in [0, 0.1) is 0 Å². The van der Waals surface area contributed by atoms with Gasteiger partial charge in [0, 0.05) is 32.7 Å². The van der Waals surface area contributed by atoms with E-state index in [4.69, 9.17) is 0 Å². The summed E-state index contributed by atoms with van der Waals surface area (Å²) >= 11 is 0. The molecule has 3 N–H and O–H groups in total. The highest BCUT2D eigenvalue weighted by Gasteiger charge is 2.11. The molecular weight excluding hydrogens is 398 g/mol. The molecule has 7 nitrogen and oxygen atoms in total. The molecule has 2 rings (SSSR count). The lowest BCUT2D eigenvalue weighted by molar-refractivity contribution is 0.238. The van der Waals surface area contributed by atoms with Gasteiger partial charge in [-0.15, -0.1) is 0 Å². The number of aliphatic imine (C=N–C) groups is 1. The smallest absolute Gasteiger partial charge is 0.240 e. The first-order valence-corrected chi connectivity index (χ1v) is 11.5. The summed E-state index contributed by atoms with van der Waals surface area (Å²) in [7, 11) is 1.88. The highest BCUT2D eigenvalue weighted by Crippen LogP contribution is 2.10. The second-order valence-corrected chi connectivity index (χ2v) is 9.13. The molecule has 0 aliphatic heterocycles. The monoisotopic (exact) mass is 431 g/mol. The number of rotatable bonds is 10. The summed E-state index contributed by atoms with van der Waals surface area (Å²) in [5.41, 5.74) is 2.29. The van der Waals surface area contributed by atoms with E-state index < -0.39 is 10.0 Å². The largest absolute Gasteiger partial charge is 0.356 e. The third-order valence-corrected chi connectivity index (χ3v) is 6.50. The van der Waals surface area contributed by atoms with E-state index in [9.17, 15) is 8.42 Å². The molecule has 2 aromatic rings. The Kier molecular flexibility index (Phi) is 9.29. The van der Waals surface area contributed by atoms with Crippen LogP contribution in [-0.4, -0.2) is 53.0 Å². The van der Waals surface area contributed by atoms with Crippen LogP contribution in [0.1, 0.15) is 24.5 Å². The van der Waals surface area contributed by atoms with Gasteiger partial charge in [0.25, 0.3) is 0 Å². The summed E-state index contributed by atoms with van der Waals surface area (Å²) in [4.78, 5) is 6.85. The normalized spacial score (nSPS) is 13.3.